The van der Waals surface area contributed by atoms with E-state index in [4.69, 9.17) is 4.74 Å². The van der Waals surface area contributed by atoms with Crippen molar-refractivity contribution in [1.82, 2.24) is 15.6 Å². The third-order valence-electron chi connectivity index (χ3n) is 7.08. The number of carbonyl (C=O) groups is 2. The number of fused-ring (bicyclic) bond motifs is 2. The van der Waals surface area contributed by atoms with E-state index in [0.29, 0.717) is 48.5 Å². The normalized spacial score (nSPS) is 28.1. The topological polar surface area (TPSA) is 95.6 Å². The first-order valence-corrected chi connectivity index (χ1v) is 11.5. The van der Waals surface area contributed by atoms with Gasteiger partial charge >= 0.3 is 0 Å². The number of rotatable bonds is 5. The molecule has 0 spiro atoms. The predicted molar refractivity (Wildman–Crippen MR) is 120 cm³/mol. The van der Waals surface area contributed by atoms with Gasteiger partial charge in [-0.15, -0.1) is 0 Å². The van der Waals surface area contributed by atoms with E-state index < -0.39 is 0 Å². The SMILES string of the molecule is O=C1COc2ccc(N3C[C@@H](NC4CC(NC5Cc6cccc(F)c6C5)C4)CC3=O)nc2N1. The van der Waals surface area contributed by atoms with Crippen LogP contribution in [0.1, 0.15) is 30.4 Å². The van der Waals surface area contributed by atoms with Crippen LogP contribution < -0.4 is 25.6 Å². The summed E-state index contributed by atoms with van der Waals surface area (Å²) in [6, 6.07) is 9.99. The highest BCUT2D eigenvalue weighted by molar-refractivity contribution is 5.97. The fraction of sp³-hybridized carbons (Fsp3) is 0.458. The number of nitrogens with one attached hydrogen (secondary N) is 3. The van der Waals surface area contributed by atoms with E-state index in [0.717, 1.165) is 36.8 Å². The van der Waals surface area contributed by atoms with Gasteiger partial charge in [-0.25, -0.2) is 9.37 Å². The molecule has 4 aliphatic rings. The molecule has 2 aliphatic carbocycles. The Morgan fingerprint density at radius 2 is 1.82 bits per heavy atom. The van der Waals surface area contributed by atoms with Crippen molar-refractivity contribution in [2.45, 2.75) is 56.3 Å². The van der Waals surface area contributed by atoms with E-state index in [1.807, 2.05) is 6.07 Å². The van der Waals surface area contributed by atoms with Crippen LogP contribution in [0.4, 0.5) is 16.0 Å². The number of ether oxygens (including phenoxy) is 1. The highest BCUT2D eigenvalue weighted by atomic mass is 19.1. The van der Waals surface area contributed by atoms with Crippen LogP contribution in [0.15, 0.2) is 30.3 Å². The van der Waals surface area contributed by atoms with Gasteiger partial charge in [0.05, 0.1) is 0 Å². The van der Waals surface area contributed by atoms with Gasteiger partial charge in [-0.2, -0.15) is 0 Å². The van der Waals surface area contributed by atoms with E-state index in [1.54, 1.807) is 29.2 Å². The summed E-state index contributed by atoms with van der Waals surface area (Å²) in [5.41, 5.74) is 1.98. The van der Waals surface area contributed by atoms with Crippen LogP contribution in [0.5, 0.6) is 5.75 Å². The Morgan fingerprint density at radius 3 is 2.64 bits per heavy atom. The van der Waals surface area contributed by atoms with Crippen molar-refractivity contribution >= 4 is 23.5 Å². The lowest BCUT2D eigenvalue weighted by molar-refractivity contribution is -0.118. The number of carbonyl (C=O) groups excluding carboxylic acids is 2. The monoisotopic (exact) mass is 451 g/mol. The zero-order chi connectivity index (χ0) is 22.5. The molecule has 0 bridgehead atoms. The maximum atomic E-state index is 14.0. The number of hydrogen-bond donors (Lipinski definition) is 3. The number of halogens is 1. The van der Waals surface area contributed by atoms with Crippen molar-refractivity contribution in [1.29, 1.82) is 0 Å². The summed E-state index contributed by atoms with van der Waals surface area (Å²) < 4.78 is 19.3. The first-order valence-electron chi connectivity index (χ1n) is 11.5. The molecule has 2 atom stereocenters. The summed E-state index contributed by atoms with van der Waals surface area (Å²) in [7, 11) is 0. The zero-order valence-corrected chi connectivity index (χ0v) is 18.1. The van der Waals surface area contributed by atoms with E-state index in [-0.39, 0.29) is 30.3 Å². The van der Waals surface area contributed by atoms with Gasteiger partial charge in [-0.1, -0.05) is 12.1 Å². The van der Waals surface area contributed by atoms with Crippen LogP contribution in [-0.2, 0) is 22.4 Å². The molecule has 1 unspecified atom stereocenters. The molecule has 9 heteroatoms. The summed E-state index contributed by atoms with van der Waals surface area (Å²) >= 11 is 0. The van der Waals surface area contributed by atoms with Gasteiger partial charge in [0.1, 0.15) is 11.6 Å². The first kappa shape index (κ1) is 20.6. The fourth-order valence-electron chi connectivity index (χ4n) is 5.43. The number of benzene rings is 1. The van der Waals surface area contributed by atoms with Crippen molar-refractivity contribution in [2.24, 2.45) is 0 Å². The van der Waals surface area contributed by atoms with E-state index >= 15 is 0 Å². The van der Waals surface area contributed by atoms with Gasteiger partial charge in [0.15, 0.2) is 18.2 Å². The lowest BCUT2D eigenvalue weighted by Gasteiger charge is -2.39. The number of amides is 2. The number of anilines is 2. The van der Waals surface area contributed by atoms with Crippen molar-refractivity contribution in [3.05, 3.63) is 47.3 Å². The Kier molecular flexibility index (Phi) is 5.03. The van der Waals surface area contributed by atoms with Gasteiger partial charge in [-0.05, 0) is 55.0 Å². The second-order valence-corrected chi connectivity index (χ2v) is 9.44. The highest BCUT2D eigenvalue weighted by Crippen LogP contribution is 2.31. The third-order valence-corrected chi connectivity index (χ3v) is 7.08. The molecule has 6 rings (SSSR count). The Labute approximate surface area is 190 Å². The number of pyridine rings is 1. The van der Waals surface area contributed by atoms with Gasteiger partial charge in [0.25, 0.3) is 5.91 Å². The quantitative estimate of drug-likeness (QED) is 0.638. The van der Waals surface area contributed by atoms with Crippen LogP contribution in [0.3, 0.4) is 0 Å². The molecule has 2 fully saturated rings. The first-order chi connectivity index (χ1) is 16.0. The van der Waals surface area contributed by atoms with Gasteiger partial charge in [0, 0.05) is 37.1 Å². The Morgan fingerprint density at radius 1 is 1.00 bits per heavy atom. The van der Waals surface area contributed by atoms with Crippen LogP contribution in [0.25, 0.3) is 0 Å². The summed E-state index contributed by atoms with van der Waals surface area (Å²) in [5, 5.41) is 9.98. The summed E-state index contributed by atoms with van der Waals surface area (Å²) in [5.74, 6) is 1.07. The van der Waals surface area contributed by atoms with Crippen LogP contribution in [0, 0.1) is 5.82 Å². The van der Waals surface area contributed by atoms with Crippen LogP contribution in [-0.4, -0.2) is 54.1 Å². The Bertz CT molecular complexity index is 1120. The van der Waals surface area contributed by atoms with E-state index in [1.165, 1.54) is 0 Å². The Hall–Kier alpha value is -3.04. The van der Waals surface area contributed by atoms with E-state index in [9.17, 15) is 14.0 Å². The zero-order valence-electron chi connectivity index (χ0n) is 18.1. The van der Waals surface area contributed by atoms with Crippen LogP contribution >= 0.6 is 0 Å². The molecule has 172 valence electrons. The summed E-state index contributed by atoms with van der Waals surface area (Å²) in [4.78, 5) is 30.3. The van der Waals surface area contributed by atoms with Gasteiger partial charge < -0.3 is 20.7 Å². The average Bonchev–Trinajstić information content (AvgIpc) is 3.35. The molecule has 0 radical (unpaired) electrons. The maximum Gasteiger partial charge on any atom is 0.263 e. The smallest absolute Gasteiger partial charge is 0.263 e. The third kappa shape index (κ3) is 3.95. The van der Waals surface area contributed by atoms with Crippen molar-refractivity contribution < 1.29 is 18.7 Å². The molecule has 1 saturated carbocycles. The fourth-order valence-corrected chi connectivity index (χ4v) is 5.43. The van der Waals surface area contributed by atoms with Crippen molar-refractivity contribution in [2.75, 3.05) is 23.4 Å². The van der Waals surface area contributed by atoms with Crippen molar-refractivity contribution in [3.63, 3.8) is 0 Å². The number of nitrogens with zero attached hydrogens (tertiary/aromatic N) is 2. The second-order valence-electron chi connectivity index (χ2n) is 9.44. The molecule has 1 aromatic carbocycles. The molecule has 2 amide bonds. The molecule has 33 heavy (non-hydrogen) atoms. The largest absolute Gasteiger partial charge is 0.480 e. The minimum atomic E-state index is -0.251. The molecule has 8 nitrogen and oxygen atoms in total. The molecular weight excluding hydrogens is 425 g/mol. The minimum absolute atomic E-state index is 0.0164. The maximum absolute atomic E-state index is 14.0. The standard InChI is InChI=1S/C24H26FN5O3/c25-19-3-1-2-13-6-14(9-18(13)19)26-15-7-16(8-15)27-17-10-23(32)30(11-17)21-5-4-20-24(28-21)29-22(31)12-33-20/h1-5,14-17,26-27H,6-12H2,(H,28,29,31)/t14?,15?,16?,17-/m0/s1. The number of aromatic nitrogens is 1. The van der Waals surface area contributed by atoms with Gasteiger partial charge in [0.2, 0.25) is 5.91 Å². The molecule has 1 saturated heterocycles. The highest BCUT2D eigenvalue weighted by Gasteiger charge is 2.38. The molecular formula is C24H26FN5O3. The average molecular weight is 452 g/mol. The molecule has 3 heterocycles. The lowest BCUT2D eigenvalue weighted by atomic mass is 9.85. The Balaban J connectivity index is 0.998. The molecule has 2 aliphatic heterocycles. The number of hydrogen-bond acceptors (Lipinski definition) is 6. The summed E-state index contributed by atoms with van der Waals surface area (Å²) in [6.07, 6.45) is 4.06. The molecule has 3 N–H and O–H groups in total. The molecule has 1 aromatic heterocycles. The summed E-state index contributed by atoms with van der Waals surface area (Å²) in [6.45, 7) is 0.524. The predicted octanol–water partition coefficient (Wildman–Crippen LogP) is 1.53. The lowest BCUT2D eigenvalue weighted by Crippen LogP contribution is -2.56. The minimum Gasteiger partial charge on any atom is -0.480 e. The molecule has 2 aromatic rings. The van der Waals surface area contributed by atoms with E-state index in [2.05, 4.69) is 20.9 Å². The van der Waals surface area contributed by atoms with Gasteiger partial charge in [-0.3, -0.25) is 14.5 Å². The van der Waals surface area contributed by atoms with Crippen LogP contribution in [0.2, 0.25) is 0 Å². The second kappa shape index (κ2) is 8.07. The van der Waals surface area contributed by atoms with Crippen molar-refractivity contribution in [3.8, 4) is 5.75 Å².